The second kappa shape index (κ2) is 9.89. The summed E-state index contributed by atoms with van der Waals surface area (Å²) < 4.78 is 28.8. The maximum atomic E-state index is 13.4. The topological polar surface area (TPSA) is 78.8 Å². The van der Waals surface area contributed by atoms with Crippen molar-refractivity contribution >= 4 is 43.8 Å². The fourth-order valence-electron chi connectivity index (χ4n) is 2.87. The van der Waals surface area contributed by atoms with E-state index in [9.17, 15) is 13.2 Å². The van der Waals surface area contributed by atoms with Gasteiger partial charge in [0.2, 0.25) is 0 Å². The minimum atomic E-state index is -3.95. The summed E-state index contributed by atoms with van der Waals surface area (Å²) >= 11 is 3.36. The van der Waals surface area contributed by atoms with Crippen LogP contribution in [0, 0.1) is 13.8 Å². The van der Waals surface area contributed by atoms with E-state index in [-0.39, 0.29) is 4.90 Å². The quantitative estimate of drug-likeness (QED) is 0.386. The normalized spacial score (nSPS) is 11.5. The Kier molecular flexibility index (Phi) is 7.25. The average Bonchev–Trinajstić information content (AvgIpc) is 2.74. The van der Waals surface area contributed by atoms with Crippen LogP contribution >= 0.6 is 15.9 Å². The highest BCUT2D eigenvalue weighted by Gasteiger charge is 2.28. The number of hydrogen-bond donors (Lipinski definition) is 1. The van der Waals surface area contributed by atoms with Crippen LogP contribution in [0.1, 0.15) is 16.7 Å². The van der Waals surface area contributed by atoms with Gasteiger partial charge in [0, 0.05) is 4.47 Å². The minimum absolute atomic E-state index is 0.118. The van der Waals surface area contributed by atoms with Gasteiger partial charge in [0.05, 0.1) is 16.8 Å². The largest absolute Gasteiger partial charge is 0.271 e. The van der Waals surface area contributed by atoms with Gasteiger partial charge in [-0.15, -0.1) is 0 Å². The first-order valence-electron chi connectivity index (χ1n) is 9.50. The zero-order chi connectivity index (χ0) is 22.4. The molecule has 0 heterocycles. The van der Waals surface area contributed by atoms with E-state index in [4.69, 9.17) is 0 Å². The average molecular weight is 500 g/mol. The van der Waals surface area contributed by atoms with Gasteiger partial charge in [-0.3, -0.25) is 9.10 Å². The molecule has 8 heteroatoms. The van der Waals surface area contributed by atoms with Crippen molar-refractivity contribution < 1.29 is 13.2 Å². The molecule has 0 radical (unpaired) electrons. The van der Waals surface area contributed by atoms with Crippen LogP contribution in [-0.4, -0.2) is 27.1 Å². The van der Waals surface area contributed by atoms with E-state index in [0.717, 1.165) is 25.5 Å². The number of benzene rings is 3. The SMILES string of the molecule is Cc1ccc(S(=O)(=O)N(CC(=O)N/N=C/c2ccc(Br)cc2)c2ccccc2C)cc1. The highest BCUT2D eigenvalue weighted by molar-refractivity contribution is 9.10. The molecule has 1 amide bonds. The standard InChI is InChI=1S/C23H22BrN3O3S/c1-17-7-13-21(14-8-17)31(29,30)27(22-6-4-3-5-18(22)2)16-23(28)26-25-15-19-9-11-20(24)12-10-19/h3-15H,16H2,1-2H3,(H,26,28)/b25-15+. The number of nitrogens with zero attached hydrogens (tertiary/aromatic N) is 2. The smallest absolute Gasteiger partial charge is 0.264 e. The fourth-order valence-corrected chi connectivity index (χ4v) is 4.62. The predicted molar refractivity (Wildman–Crippen MR) is 127 cm³/mol. The maximum Gasteiger partial charge on any atom is 0.264 e. The van der Waals surface area contributed by atoms with Crippen molar-refractivity contribution in [3.63, 3.8) is 0 Å². The molecule has 1 N–H and O–H groups in total. The van der Waals surface area contributed by atoms with Gasteiger partial charge in [-0.25, -0.2) is 13.8 Å². The number of rotatable bonds is 7. The van der Waals surface area contributed by atoms with Crippen molar-refractivity contribution in [2.24, 2.45) is 5.10 Å². The summed E-state index contributed by atoms with van der Waals surface area (Å²) in [5.74, 6) is -0.549. The molecule has 6 nitrogen and oxygen atoms in total. The summed E-state index contributed by atoms with van der Waals surface area (Å²) in [4.78, 5) is 12.7. The lowest BCUT2D eigenvalue weighted by molar-refractivity contribution is -0.119. The van der Waals surface area contributed by atoms with E-state index in [1.165, 1.54) is 6.21 Å². The number of sulfonamides is 1. The summed E-state index contributed by atoms with van der Waals surface area (Å²) in [5, 5.41) is 3.95. The van der Waals surface area contributed by atoms with Gasteiger partial charge in [-0.2, -0.15) is 5.10 Å². The third-order valence-electron chi connectivity index (χ3n) is 4.55. The Morgan fingerprint density at radius 2 is 1.65 bits per heavy atom. The van der Waals surface area contributed by atoms with E-state index in [2.05, 4.69) is 26.5 Å². The second-order valence-electron chi connectivity index (χ2n) is 6.96. The lowest BCUT2D eigenvalue weighted by Gasteiger charge is -2.25. The number of hydrogen-bond acceptors (Lipinski definition) is 4. The molecule has 0 unspecified atom stereocenters. The van der Waals surface area contributed by atoms with Crippen LogP contribution in [0.15, 0.2) is 87.3 Å². The minimum Gasteiger partial charge on any atom is -0.271 e. The Morgan fingerprint density at radius 1 is 1.00 bits per heavy atom. The van der Waals surface area contributed by atoms with Crippen LogP contribution in [0.3, 0.4) is 0 Å². The second-order valence-corrected chi connectivity index (χ2v) is 9.73. The molecule has 0 spiro atoms. The Bertz CT molecular complexity index is 1190. The van der Waals surface area contributed by atoms with Gasteiger partial charge < -0.3 is 0 Å². The predicted octanol–water partition coefficient (Wildman–Crippen LogP) is 4.41. The van der Waals surface area contributed by atoms with Crippen LogP contribution in [0.4, 0.5) is 5.69 Å². The summed E-state index contributed by atoms with van der Waals surface area (Å²) in [6.07, 6.45) is 1.50. The van der Waals surface area contributed by atoms with Crippen LogP contribution in [0.2, 0.25) is 0 Å². The number of carbonyl (C=O) groups excluding carboxylic acids is 1. The molecule has 160 valence electrons. The monoisotopic (exact) mass is 499 g/mol. The molecule has 0 saturated heterocycles. The highest BCUT2D eigenvalue weighted by Crippen LogP contribution is 2.26. The molecule has 0 aliphatic rings. The number of carbonyl (C=O) groups is 1. The Balaban J connectivity index is 1.85. The highest BCUT2D eigenvalue weighted by atomic mass is 79.9. The number of hydrazone groups is 1. The Morgan fingerprint density at radius 3 is 2.29 bits per heavy atom. The molecule has 3 aromatic rings. The van der Waals surface area contributed by atoms with Crippen LogP contribution in [0.25, 0.3) is 0 Å². The van der Waals surface area contributed by atoms with Crippen molar-refractivity contribution in [2.45, 2.75) is 18.7 Å². The molecule has 3 rings (SSSR count). The first kappa shape index (κ1) is 22.7. The maximum absolute atomic E-state index is 13.4. The van der Waals surface area contributed by atoms with Gasteiger partial charge in [0.1, 0.15) is 6.54 Å². The molecule has 0 saturated carbocycles. The Labute approximate surface area is 190 Å². The fraction of sp³-hybridized carbons (Fsp3) is 0.130. The van der Waals surface area contributed by atoms with E-state index in [1.807, 2.05) is 37.3 Å². The van der Waals surface area contributed by atoms with E-state index in [1.54, 1.807) is 49.4 Å². The summed E-state index contributed by atoms with van der Waals surface area (Å²) in [6, 6.07) is 21.0. The van der Waals surface area contributed by atoms with Crippen molar-refractivity contribution in [3.8, 4) is 0 Å². The number of para-hydroxylation sites is 1. The van der Waals surface area contributed by atoms with Crippen molar-refractivity contribution in [1.82, 2.24) is 5.43 Å². The zero-order valence-electron chi connectivity index (χ0n) is 17.1. The van der Waals surface area contributed by atoms with E-state index < -0.39 is 22.5 Å². The molecule has 0 atom stereocenters. The number of aryl methyl sites for hydroxylation is 2. The Hall–Kier alpha value is -2.97. The third kappa shape index (κ3) is 5.80. The molecule has 0 aliphatic heterocycles. The molecule has 3 aromatic carbocycles. The lowest BCUT2D eigenvalue weighted by atomic mass is 10.2. The van der Waals surface area contributed by atoms with Gasteiger partial charge >= 0.3 is 0 Å². The summed E-state index contributed by atoms with van der Waals surface area (Å²) in [6.45, 7) is 3.28. The van der Waals surface area contributed by atoms with Crippen molar-refractivity contribution in [2.75, 3.05) is 10.8 Å². The van der Waals surface area contributed by atoms with Gasteiger partial charge in [0.25, 0.3) is 15.9 Å². The van der Waals surface area contributed by atoms with Gasteiger partial charge in [-0.1, -0.05) is 64.0 Å². The van der Waals surface area contributed by atoms with Crippen LogP contribution in [-0.2, 0) is 14.8 Å². The summed E-state index contributed by atoms with van der Waals surface area (Å²) in [7, 11) is -3.95. The molecule has 0 aliphatic carbocycles. The number of amides is 1. The summed E-state index contributed by atoms with van der Waals surface area (Å²) in [5.41, 5.74) is 5.33. The molecule has 0 aromatic heterocycles. The first-order valence-corrected chi connectivity index (χ1v) is 11.7. The molecular formula is C23H22BrN3O3S. The van der Waals surface area contributed by atoms with Crippen LogP contribution in [0.5, 0.6) is 0 Å². The van der Waals surface area contributed by atoms with Crippen molar-refractivity contribution in [3.05, 3.63) is 94.0 Å². The number of anilines is 1. The van der Waals surface area contributed by atoms with Gasteiger partial charge in [0.15, 0.2) is 0 Å². The van der Waals surface area contributed by atoms with E-state index in [0.29, 0.717) is 5.69 Å². The van der Waals surface area contributed by atoms with Crippen molar-refractivity contribution in [1.29, 1.82) is 0 Å². The zero-order valence-corrected chi connectivity index (χ0v) is 19.5. The van der Waals surface area contributed by atoms with E-state index >= 15 is 0 Å². The van der Waals surface area contributed by atoms with Crippen LogP contribution < -0.4 is 9.73 Å². The molecule has 0 fully saturated rings. The molecule has 0 bridgehead atoms. The molecular weight excluding hydrogens is 478 g/mol. The molecule has 31 heavy (non-hydrogen) atoms. The third-order valence-corrected chi connectivity index (χ3v) is 6.86. The van der Waals surface area contributed by atoms with Gasteiger partial charge in [-0.05, 0) is 55.3 Å². The number of nitrogens with one attached hydrogen (secondary N) is 1. The number of halogens is 1. The lowest BCUT2D eigenvalue weighted by Crippen LogP contribution is -2.40. The first-order chi connectivity index (χ1) is 14.8.